The van der Waals surface area contributed by atoms with Crippen molar-refractivity contribution in [1.29, 1.82) is 0 Å². The summed E-state index contributed by atoms with van der Waals surface area (Å²) in [6, 6.07) is 3.04. The Labute approximate surface area is 114 Å². The van der Waals surface area contributed by atoms with Crippen molar-refractivity contribution in [3.05, 3.63) is 29.3 Å². The standard InChI is InChI=1S/C8H4O6S.Na.H/c9-7-5-2-1-4(15(11,12)13)3-6(5)8(10)14-7;;/h1-3H,(H,11,12,13);;/q;+1;-1. The Bertz CT molecular complexity index is 582. The molecule has 1 N–H and O–H groups in total. The number of hydrogen-bond acceptors (Lipinski definition) is 5. The van der Waals surface area contributed by atoms with Crippen LogP contribution in [0, 0.1) is 0 Å². The van der Waals surface area contributed by atoms with Gasteiger partial charge in [-0.2, -0.15) is 8.42 Å². The zero-order valence-corrected chi connectivity index (χ0v) is 10.9. The third kappa shape index (κ3) is 2.18. The molecule has 80 valence electrons. The molecule has 1 aromatic rings. The quantitative estimate of drug-likeness (QED) is 0.254. The number of esters is 2. The van der Waals surface area contributed by atoms with E-state index in [0.29, 0.717) is 0 Å². The van der Waals surface area contributed by atoms with E-state index < -0.39 is 27.0 Å². The van der Waals surface area contributed by atoms with E-state index in [1.807, 2.05) is 0 Å². The number of rotatable bonds is 1. The molecule has 1 aliphatic rings. The maximum Gasteiger partial charge on any atom is 1.00 e. The van der Waals surface area contributed by atoms with Crippen LogP contribution in [0.25, 0.3) is 0 Å². The fraction of sp³-hybridized carbons (Fsp3) is 0. The van der Waals surface area contributed by atoms with Crippen LogP contribution in [-0.4, -0.2) is 24.9 Å². The van der Waals surface area contributed by atoms with Gasteiger partial charge in [-0.1, -0.05) is 0 Å². The Balaban J connectivity index is 0.00000128. The molecule has 0 radical (unpaired) electrons. The Morgan fingerprint density at radius 2 is 1.69 bits per heavy atom. The summed E-state index contributed by atoms with van der Waals surface area (Å²) in [6.07, 6.45) is 0. The molecule has 2 rings (SSSR count). The average molecular weight is 252 g/mol. The number of fused-ring (bicyclic) bond motifs is 1. The molecule has 0 saturated heterocycles. The summed E-state index contributed by atoms with van der Waals surface area (Å²) >= 11 is 0. The van der Waals surface area contributed by atoms with Crippen molar-refractivity contribution >= 4 is 22.1 Å². The maximum atomic E-state index is 11.0. The Morgan fingerprint density at radius 1 is 1.12 bits per heavy atom. The van der Waals surface area contributed by atoms with E-state index in [-0.39, 0.29) is 42.1 Å². The molecular formula is C8H5NaO6S. The van der Waals surface area contributed by atoms with Gasteiger partial charge in [0.1, 0.15) is 0 Å². The van der Waals surface area contributed by atoms with Crippen molar-refractivity contribution in [3.63, 3.8) is 0 Å². The molecule has 0 atom stereocenters. The van der Waals surface area contributed by atoms with Crippen LogP contribution in [0.4, 0.5) is 0 Å². The third-order valence-electron chi connectivity index (χ3n) is 1.91. The van der Waals surface area contributed by atoms with Crippen LogP contribution in [0.1, 0.15) is 22.1 Å². The molecule has 0 aliphatic carbocycles. The van der Waals surface area contributed by atoms with Gasteiger partial charge in [0.05, 0.1) is 16.0 Å². The Kier molecular flexibility index (Phi) is 3.56. The first-order chi connectivity index (χ1) is 6.89. The summed E-state index contributed by atoms with van der Waals surface area (Å²) in [5.74, 6) is -1.74. The summed E-state index contributed by atoms with van der Waals surface area (Å²) in [4.78, 5) is 21.6. The SMILES string of the molecule is O=C1OC(=O)c2cc(S(=O)(=O)O)ccc21.[H-].[Na+]. The Hall–Kier alpha value is -0.730. The average Bonchev–Trinajstić information content (AvgIpc) is 2.41. The summed E-state index contributed by atoms with van der Waals surface area (Å²) in [7, 11) is -4.38. The van der Waals surface area contributed by atoms with Crippen LogP contribution in [0.3, 0.4) is 0 Å². The van der Waals surface area contributed by atoms with Crippen molar-refractivity contribution in [2.75, 3.05) is 0 Å². The van der Waals surface area contributed by atoms with E-state index in [1.54, 1.807) is 0 Å². The van der Waals surface area contributed by atoms with Crippen molar-refractivity contribution in [2.24, 2.45) is 0 Å². The molecular weight excluding hydrogens is 247 g/mol. The van der Waals surface area contributed by atoms with Gasteiger partial charge < -0.3 is 6.16 Å². The molecule has 1 aliphatic heterocycles. The van der Waals surface area contributed by atoms with E-state index in [9.17, 15) is 18.0 Å². The topological polar surface area (TPSA) is 97.7 Å². The van der Waals surface area contributed by atoms with Crippen LogP contribution < -0.4 is 29.6 Å². The van der Waals surface area contributed by atoms with Crippen molar-refractivity contribution < 1.29 is 58.3 Å². The second-order valence-electron chi connectivity index (χ2n) is 2.86. The predicted octanol–water partition coefficient (Wildman–Crippen LogP) is -2.64. The van der Waals surface area contributed by atoms with Gasteiger partial charge in [-0.05, 0) is 18.2 Å². The molecule has 0 unspecified atom stereocenters. The smallest absolute Gasteiger partial charge is 1.00 e. The molecule has 0 fully saturated rings. The van der Waals surface area contributed by atoms with Crippen molar-refractivity contribution in [2.45, 2.75) is 4.90 Å². The van der Waals surface area contributed by atoms with Gasteiger partial charge in [-0.3, -0.25) is 4.55 Å². The van der Waals surface area contributed by atoms with Crippen LogP contribution >= 0.6 is 0 Å². The minimum atomic E-state index is -4.38. The first-order valence-electron chi connectivity index (χ1n) is 3.77. The van der Waals surface area contributed by atoms with E-state index in [0.717, 1.165) is 18.2 Å². The second kappa shape index (κ2) is 4.27. The fourth-order valence-corrected chi connectivity index (χ4v) is 1.73. The molecule has 16 heavy (non-hydrogen) atoms. The molecule has 8 heteroatoms. The zero-order chi connectivity index (χ0) is 11.2. The van der Waals surface area contributed by atoms with E-state index in [1.165, 1.54) is 0 Å². The van der Waals surface area contributed by atoms with Gasteiger partial charge in [0.2, 0.25) is 0 Å². The van der Waals surface area contributed by atoms with Crippen LogP contribution in [0.5, 0.6) is 0 Å². The minimum absolute atomic E-state index is 0. The van der Waals surface area contributed by atoms with Gasteiger partial charge in [0.15, 0.2) is 0 Å². The normalized spacial score (nSPS) is 14.1. The fourth-order valence-electron chi connectivity index (χ4n) is 1.22. The maximum absolute atomic E-state index is 11.0. The number of benzene rings is 1. The first-order valence-corrected chi connectivity index (χ1v) is 5.21. The molecule has 0 aromatic heterocycles. The summed E-state index contributed by atoms with van der Waals surface area (Å²) < 4.78 is 34.4. The van der Waals surface area contributed by atoms with Crippen LogP contribution in [0.2, 0.25) is 0 Å². The van der Waals surface area contributed by atoms with Crippen molar-refractivity contribution in [1.82, 2.24) is 0 Å². The van der Waals surface area contributed by atoms with Crippen LogP contribution in [-0.2, 0) is 14.9 Å². The monoisotopic (exact) mass is 252 g/mol. The summed E-state index contributed by atoms with van der Waals surface area (Å²) in [6.45, 7) is 0. The molecule has 0 amide bonds. The zero-order valence-electron chi connectivity index (χ0n) is 9.13. The Morgan fingerprint density at radius 3 is 2.25 bits per heavy atom. The van der Waals surface area contributed by atoms with Gasteiger partial charge in [-0.15, -0.1) is 0 Å². The number of carbonyl (C=O) groups is 2. The molecule has 0 bridgehead atoms. The number of hydrogen-bond donors (Lipinski definition) is 1. The van der Waals surface area contributed by atoms with E-state index in [4.69, 9.17) is 4.55 Å². The van der Waals surface area contributed by atoms with E-state index >= 15 is 0 Å². The molecule has 0 spiro atoms. The second-order valence-corrected chi connectivity index (χ2v) is 4.28. The molecule has 1 heterocycles. The molecule has 0 saturated carbocycles. The van der Waals surface area contributed by atoms with Gasteiger partial charge >= 0.3 is 41.5 Å². The molecule has 6 nitrogen and oxygen atoms in total. The third-order valence-corrected chi connectivity index (χ3v) is 2.76. The van der Waals surface area contributed by atoms with Crippen LogP contribution in [0.15, 0.2) is 23.1 Å². The summed E-state index contributed by atoms with van der Waals surface area (Å²) in [5.41, 5.74) is -0.164. The number of cyclic esters (lactones) is 2. The van der Waals surface area contributed by atoms with Gasteiger partial charge in [0, 0.05) is 0 Å². The molecule has 1 aromatic carbocycles. The minimum Gasteiger partial charge on any atom is -1.00 e. The predicted molar refractivity (Wildman–Crippen MR) is 47.1 cm³/mol. The largest absolute Gasteiger partial charge is 1.00 e. The van der Waals surface area contributed by atoms with Gasteiger partial charge in [0.25, 0.3) is 10.1 Å². The first kappa shape index (κ1) is 13.3. The van der Waals surface area contributed by atoms with E-state index in [2.05, 4.69) is 4.74 Å². The number of carbonyl (C=O) groups excluding carboxylic acids is 2. The van der Waals surface area contributed by atoms with Crippen molar-refractivity contribution in [3.8, 4) is 0 Å². The van der Waals surface area contributed by atoms with Gasteiger partial charge in [-0.25, -0.2) is 9.59 Å². The number of ether oxygens (including phenoxy) is 1. The summed E-state index contributed by atoms with van der Waals surface area (Å²) in [5, 5.41) is 0.